The van der Waals surface area contributed by atoms with Crippen molar-refractivity contribution < 1.29 is 9.53 Å². The van der Waals surface area contributed by atoms with Gasteiger partial charge in [-0.2, -0.15) is 0 Å². The van der Waals surface area contributed by atoms with E-state index >= 15 is 0 Å². The van der Waals surface area contributed by atoms with Crippen molar-refractivity contribution in [2.75, 3.05) is 26.7 Å². The van der Waals surface area contributed by atoms with E-state index in [1.165, 1.54) is 24.0 Å². The molecule has 1 atom stereocenters. The molecule has 2 fully saturated rings. The molecule has 1 unspecified atom stereocenters. The monoisotopic (exact) mass is 336 g/mol. The molecule has 1 aliphatic carbocycles. The predicted octanol–water partition coefficient (Wildman–Crippen LogP) is 3.42. The number of nitrogens with zero attached hydrogens (tertiary/aromatic N) is 2. The number of hydrogen-bond donors (Lipinski definition) is 0. The second-order valence-corrected chi connectivity index (χ2v) is 6.98. The highest BCUT2D eigenvalue weighted by Gasteiger charge is 2.36. The highest BCUT2D eigenvalue weighted by molar-refractivity contribution is 5.81. The van der Waals surface area contributed by atoms with Gasteiger partial charge >= 0.3 is 0 Å². The Morgan fingerprint density at radius 2 is 1.68 bits per heavy atom. The van der Waals surface area contributed by atoms with Crippen molar-refractivity contribution in [1.82, 2.24) is 9.80 Å². The van der Waals surface area contributed by atoms with Gasteiger partial charge in [0.15, 0.2) is 0 Å². The first-order valence-corrected chi connectivity index (χ1v) is 9.00. The molecule has 1 heterocycles. The van der Waals surface area contributed by atoms with Crippen LogP contribution in [0.25, 0.3) is 0 Å². The fourth-order valence-electron chi connectivity index (χ4n) is 3.58. The summed E-state index contributed by atoms with van der Waals surface area (Å²) in [5.74, 6) is 1.76. The van der Waals surface area contributed by atoms with Crippen molar-refractivity contribution in [3.05, 3.63) is 65.7 Å². The van der Waals surface area contributed by atoms with Crippen molar-refractivity contribution >= 4 is 5.91 Å². The van der Waals surface area contributed by atoms with Gasteiger partial charge in [0.1, 0.15) is 18.5 Å². The summed E-state index contributed by atoms with van der Waals surface area (Å²) in [6, 6.07) is 18.6. The molecule has 4 nitrogen and oxygen atoms in total. The summed E-state index contributed by atoms with van der Waals surface area (Å²) in [7, 11) is 2.01. The molecule has 4 rings (SSSR count). The van der Waals surface area contributed by atoms with Crippen LogP contribution in [0.2, 0.25) is 0 Å². The van der Waals surface area contributed by atoms with E-state index in [4.69, 9.17) is 4.74 Å². The highest BCUT2D eigenvalue weighted by Crippen LogP contribution is 2.40. The van der Waals surface area contributed by atoms with Gasteiger partial charge in [-0.05, 0) is 49.1 Å². The van der Waals surface area contributed by atoms with E-state index in [-0.39, 0.29) is 12.1 Å². The van der Waals surface area contributed by atoms with Crippen LogP contribution in [0.5, 0.6) is 5.75 Å². The summed E-state index contributed by atoms with van der Waals surface area (Å²) in [6.45, 7) is 1.55. The van der Waals surface area contributed by atoms with Crippen LogP contribution in [0.15, 0.2) is 54.6 Å². The number of hydrogen-bond acceptors (Lipinski definition) is 3. The number of para-hydroxylation sites is 1. The zero-order chi connectivity index (χ0) is 17.2. The molecule has 0 aromatic heterocycles. The number of benzene rings is 2. The van der Waals surface area contributed by atoms with Crippen LogP contribution < -0.4 is 4.74 Å². The lowest BCUT2D eigenvalue weighted by Crippen LogP contribution is -2.34. The SMILES string of the molecule is CN1CC(=O)N(CCOc2ccccc2)C1c1ccc(C2CC2)cc1. The number of ether oxygens (including phenoxy) is 1. The summed E-state index contributed by atoms with van der Waals surface area (Å²) in [5, 5.41) is 0. The number of carbonyl (C=O) groups is 1. The Bertz CT molecular complexity index is 725. The maximum absolute atomic E-state index is 12.4. The smallest absolute Gasteiger partial charge is 0.238 e. The van der Waals surface area contributed by atoms with Gasteiger partial charge in [0.05, 0.1) is 13.1 Å². The minimum absolute atomic E-state index is 0.000117. The third-order valence-corrected chi connectivity index (χ3v) is 5.05. The van der Waals surface area contributed by atoms with Gasteiger partial charge in [0.25, 0.3) is 0 Å². The molecule has 25 heavy (non-hydrogen) atoms. The molecule has 2 aliphatic rings. The predicted molar refractivity (Wildman–Crippen MR) is 97.4 cm³/mol. The van der Waals surface area contributed by atoms with Crippen LogP contribution in [-0.4, -0.2) is 42.5 Å². The number of amides is 1. The molecular weight excluding hydrogens is 312 g/mol. The van der Waals surface area contributed by atoms with Crippen LogP contribution in [-0.2, 0) is 4.79 Å². The van der Waals surface area contributed by atoms with Gasteiger partial charge in [-0.1, -0.05) is 42.5 Å². The van der Waals surface area contributed by atoms with E-state index in [9.17, 15) is 4.79 Å². The molecule has 4 heteroatoms. The molecule has 0 spiro atoms. The summed E-state index contributed by atoms with van der Waals surface area (Å²) in [5.41, 5.74) is 2.60. The molecule has 1 amide bonds. The molecule has 1 saturated heterocycles. The number of rotatable bonds is 6. The Labute approximate surface area is 149 Å². The van der Waals surface area contributed by atoms with Crippen molar-refractivity contribution in [1.29, 1.82) is 0 Å². The van der Waals surface area contributed by atoms with E-state index in [1.807, 2.05) is 42.3 Å². The molecule has 1 saturated carbocycles. The van der Waals surface area contributed by atoms with Gasteiger partial charge in [0, 0.05) is 0 Å². The van der Waals surface area contributed by atoms with Crippen molar-refractivity contribution in [2.45, 2.75) is 24.9 Å². The summed E-state index contributed by atoms with van der Waals surface area (Å²) >= 11 is 0. The van der Waals surface area contributed by atoms with Gasteiger partial charge in [0.2, 0.25) is 5.91 Å². The maximum Gasteiger partial charge on any atom is 0.238 e. The van der Waals surface area contributed by atoms with E-state index in [0.29, 0.717) is 19.7 Å². The van der Waals surface area contributed by atoms with E-state index < -0.39 is 0 Å². The first-order chi connectivity index (χ1) is 12.2. The first-order valence-electron chi connectivity index (χ1n) is 9.00. The molecule has 2 aromatic rings. The molecule has 1 aliphatic heterocycles. The zero-order valence-electron chi connectivity index (χ0n) is 14.6. The fourth-order valence-corrected chi connectivity index (χ4v) is 3.58. The maximum atomic E-state index is 12.4. The fraction of sp³-hybridized carbons (Fsp3) is 0.381. The topological polar surface area (TPSA) is 32.8 Å². The van der Waals surface area contributed by atoms with Gasteiger partial charge in [-0.15, -0.1) is 0 Å². The third-order valence-electron chi connectivity index (χ3n) is 5.05. The van der Waals surface area contributed by atoms with Crippen LogP contribution in [0.4, 0.5) is 0 Å². The Kier molecular flexibility index (Phi) is 4.45. The Hall–Kier alpha value is -2.33. The van der Waals surface area contributed by atoms with Crippen molar-refractivity contribution in [3.8, 4) is 5.75 Å². The normalized spacial score (nSPS) is 20.9. The lowest BCUT2D eigenvalue weighted by atomic mass is 10.1. The third kappa shape index (κ3) is 3.54. The highest BCUT2D eigenvalue weighted by atomic mass is 16.5. The van der Waals surface area contributed by atoms with Crippen LogP contribution in [0.3, 0.4) is 0 Å². The number of likely N-dealkylation sites (N-methyl/N-ethyl adjacent to an activating group) is 1. The average Bonchev–Trinajstić information content (AvgIpc) is 3.43. The second-order valence-electron chi connectivity index (χ2n) is 6.98. The summed E-state index contributed by atoms with van der Waals surface area (Å²) < 4.78 is 5.78. The standard InChI is InChI=1S/C21H24N2O2/c1-22-15-20(24)23(13-14-25-19-5-3-2-4-6-19)21(22)18-11-9-17(10-12-18)16-7-8-16/h2-6,9-12,16,21H,7-8,13-15H2,1H3. The lowest BCUT2D eigenvalue weighted by molar-refractivity contribution is -0.128. The van der Waals surface area contributed by atoms with E-state index in [1.54, 1.807) is 0 Å². The minimum atomic E-state index is 0.000117. The molecule has 0 bridgehead atoms. The molecule has 2 aromatic carbocycles. The lowest BCUT2D eigenvalue weighted by Gasteiger charge is -2.28. The van der Waals surface area contributed by atoms with E-state index in [0.717, 1.165) is 11.7 Å². The largest absolute Gasteiger partial charge is 0.492 e. The Morgan fingerprint density at radius 1 is 1.00 bits per heavy atom. The van der Waals surface area contributed by atoms with Gasteiger partial charge in [-0.3, -0.25) is 9.69 Å². The second kappa shape index (κ2) is 6.89. The van der Waals surface area contributed by atoms with Gasteiger partial charge < -0.3 is 9.64 Å². The van der Waals surface area contributed by atoms with Crippen LogP contribution in [0, 0.1) is 0 Å². The van der Waals surface area contributed by atoms with Crippen LogP contribution >= 0.6 is 0 Å². The molecular formula is C21H24N2O2. The summed E-state index contributed by atoms with van der Waals surface area (Å²) in [4.78, 5) is 16.5. The van der Waals surface area contributed by atoms with Crippen LogP contribution in [0.1, 0.15) is 36.1 Å². The van der Waals surface area contributed by atoms with Crippen molar-refractivity contribution in [3.63, 3.8) is 0 Å². The minimum Gasteiger partial charge on any atom is -0.492 e. The molecule has 0 N–H and O–H groups in total. The zero-order valence-corrected chi connectivity index (χ0v) is 14.6. The Balaban J connectivity index is 1.44. The molecule has 130 valence electrons. The number of carbonyl (C=O) groups excluding carboxylic acids is 1. The van der Waals surface area contributed by atoms with E-state index in [2.05, 4.69) is 29.2 Å². The first kappa shape index (κ1) is 16.2. The molecule has 0 radical (unpaired) electrons. The summed E-state index contributed by atoms with van der Waals surface area (Å²) in [6.07, 6.45) is 2.62. The quantitative estimate of drug-likeness (QED) is 0.810. The van der Waals surface area contributed by atoms with Crippen molar-refractivity contribution in [2.24, 2.45) is 0 Å². The Morgan fingerprint density at radius 3 is 2.36 bits per heavy atom. The van der Waals surface area contributed by atoms with Gasteiger partial charge in [-0.25, -0.2) is 0 Å². The average molecular weight is 336 g/mol.